The van der Waals surface area contributed by atoms with Gasteiger partial charge < -0.3 is 4.90 Å². The van der Waals surface area contributed by atoms with Crippen molar-refractivity contribution in [2.45, 2.75) is 0 Å². The Bertz CT molecular complexity index is 379. The molecule has 15 heavy (non-hydrogen) atoms. The summed E-state index contributed by atoms with van der Waals surface area (Å²) in [5, 5.41) is 0. The number of nitrogens with zero attached hydrogens (tertiary/aromatic N) is 1. The monoisotopic (exact) mass is 331 g/mol. The smallest absolute Gasteiger partial charge is 0.187 e. The molecule has 0 radical (unpaired) electrons. The zero-order chi connectivity index (χ0) is 11.4. The van der Waals surface area contributed by atoms with Crippen molar-refractivity contribution < 1.29 is 4.79 Å². The number of rotatable bonds is 3. The number of carbonyl (C=O) groups excluding carboxylic acids is 1. The van der Waals surface area contributed by atoms with Crippen LogP contribution in [0.2, 0.25) is 0 Å². The largest absolute Gasteiger partial charge is 0.383 e. The molecule has 1 rings (SSSR count). The van der Waals surface area contributed by atoms with E-state index >= 15 is 0 Å². The van der Waals surface area contributed by atoms with Crippen LogP contribution in [0.25, 0.3) is 0 Å². The van der Waals surface area contributed by atoms with Gasteiger partial charge >= 0.3 is 0 Å². The number of allylic oxidation sites excluding steroid dienone is 1. The number of carbonyl (C=O) groups is 1. The Morgan fingerprint density at radius 2 is 1.73 bits per heavy atom. The summed E-state index contributed by atoms with van der Waals surface area (Å²) in [5.74, 6) is -0.00861. The highest BCUT2D eigenvalue weighted by atomic mass is 79.9. The standard InChI is InChI=1S/C11H11Br2NO/c1-14(2)4-3-11(15)8-5-9(12)7-10(13)6-8/h3-7H,1-2H3/b4-3+. The molecule has 0 saturated heterocycles. The van der Waals surface area contributed by atoms with Crippen LogP contribution in [0.5, 0.6) is 0 Å². The van der Waals surface area contributed by atoms with Crippen molar-refractivity contribution in [3.63, 3.8) is 0 Å². The summed E-state index contributed by atoms with van der Waals surface area (Å²) < 4.78 is 1.77. The van der Waals surface area contributed by atoms with E-state index in [0.717, 1.165) is 8.95 Å². The second-order valence-electron chi connectivity index (χ2n) is 3.30. The van der Waals surface area contributed by atoms with E-state index in [1.165, 1.54) is 0 Å². The average Bonchev–Trinajstić information content (AvgIpc) is 2.12. The highest BCUT2D eigenvalue weighted by molar-refractivity contribution is 9.11. The lowest BCUT2D eigenvalue weighted by Crippen LogP contribution is -2.03. The molecule has 0 saturated carbocycles. The van der Waals surface area contributed by atoms with Crippen molar-refractivity contribution >= 4 is 37.6 Å². The molecule has 0 N–H and O–H groups in total. The quantitative estimate of drug-likeness (QED) is 0.624. The van der Waals surface area contributed by atoms with E-state index in [1.807, 2.05) is 25.1 Å². The topological polar surface area (TPSA) is 20.3 Å². The van der Waals surface area contributed by atoms with E-state index in [-0.39, 0.29) is 5.78 Å². The van der Waals surface area contributed by atoms with Crippen molar-refractivity contribution in [3.8, 4) is 0 Å². The summed E-state index contributed by atoms with van der Waals surface area (Å²) in [5.41, 5.74) is 0.661. The van der Waals surface area contributed by atoms with Crippen LogP contribution < -0.4 is 0 Å². The van der Waals surface area contributed by atoms with E-state index in [9.17, 15) is 4.79 Å². The number of hydrogen-bond donors (Lipinski definition) is 0. The number of ketones is 1. The van der Waals surface area contributed by atoms with Crippen LogP contribution in [-0.2, 0) is 0 Å². The highest BCUT2D eigenvalue weighted by Crippen LogP contribution is 2.20. The maximum absolute atomic E-state index is 11.7. The molecule has 0 amide bonds. The van der Waals surface area contributed by atoms with Crippen molar-refractivity contribution in [1.29, 1.82) is 0 Å². The van der Waals surface area contributed by atoms with Gasteiger partial charge in [0.05, 0.1) is 0 Å². The molecule has 2 nitrogen and oxygen atoms in total. The molecule has 0 aliphatic heterocycles. The molecule has 4 heteroatoms. The zero-order valence-electron chi connectivity index (χ0n) is 8.50. The summed E-state index contributed by atoms with van der Waals surface area (Å²) in [7, 11) is 3.75. The molecule has 0 spiro atoms. The SMILES string of the molecule is CN(C)/C=C/C(=O)c1cc(Br)cc(Br)c1. The summed E-state index contributed by atoms with van der Waals surface area (Å²) in [6, 6.07) is 5.49. The predicted molar refractivity (Wildman–Crippen MR) is 69.0 cm³/mol. The second kappa shape index (κ2) is 5.47. The van der Waals surface area contributed by atoms with E-state index in [4.69, 9.17) is 0 Å². The first-order valence-electron chi connectivity index (χ1n) is 4.34. The normalized spacial score (nSPS) is 10.7. The molecular formula is C11H11Br2NO. The number of benzene rings is 1. The fourth-order valence-electron chi connectivity index (χ4n) is 1.01. The summed E-state index contributed by atoms with van der Waals surface area (Å²) in [6.07, 6.45) is 3.28. The van der Waals surface area contributed by atoms with Crippen molar-refractivity contribution in [2.24, 2.45) is 0 Å². The van der Waals surface area contributed by atoms with Crippen LogP contribution in [0.15, 0.2) is 39.4 Å². The first-order valence-corrected chi connectivity index (χ1v) is 5.92. The molecule has 0 fully saturated rings. The van der Waals surface area contributed by atoms with Crippen LogP contribution in [0, 0.1) is 0 Å². The predicted octanol–water partition coefficient (Wildman–Crippen LogP) is 3.47. The van der Waals surface area contributed by atoms with Gasteiger partial charge in [-0.3, -0.25) is 4.79 Å². The number of halogens is 2. The molecule has 0 unspecified atom stereocenters. The fraction of sp³-hybridized carbons (Fsp3) is 0.182. The fourth-order valence-corrected chi connectivity index (χ4v) is 2.30. The van der Waals surface area contributed by atoms with E-state index in [1.54, 1.807) is 24.4 Å². The first-order chi connectivity index (χ1) is 6.99. The minimum atomic E-state index is -0.00861. The van der Waals surface area contributed by atoms with Gasteiger partial charge in [0, 0.05) is 40.9 Å². The molecule has 0 aromatic heterocycles. The lowest BCUT2D eigenvalue weighted by molar-refractivity contribution is 0.104. The van der Waals surface area contributed by atoms with Crippen LogP contribution in [0.3, 0.4) is 0 Å². The average molecular weight is 333 g/mol. The molecule has 0 atom stereocenters. The van der Waals surface area contributed by atoms with Crippen molar-refractivity contribution in [2.75, 3.05) is 14.1 Å². The van der Waals surface area contributed by atoms with Gasteiger partial charge in [-0.1, -0.05) is 31.9 Å². The Labute approximate surface area is 106 Å². The van der Waals surface area contributed by atoms with Gasteiger partial charge in [-0.15, -0.1) is 0 Å². The Morgan fingerprint density at radius 1 is 1.20 bits per heavy atom. The van der Waals surface area contributed by atoms with Gasteiger partial charge in [0.1, 0.15) is 0 Å². The van der Waals surface area contributed by atoms with Gasteiger partial charge in [0.15, 0.2) is 5.78 Å². The maximum Gasteiger partial charge on any atom is 0.187 e. The zero-order valence-corrected chi connectivity index (χ0v) is 11.7. The van der Waals surface area contributed by atoms with Crippen molar-refractivity contribution in [3.05, 3.63) is 45.0 Å². The molecule has 0 bridgehead atoms. The molecule has 1 aromatic rings. The third-order valence-electron chi connectivity index (χ3n) is 1.67. The van der Waals surface area contributed by atoms with E-state index < -0.39 is 0 Å². The summed E-state index contributed by atoms with van der Waals surface area (Å²) in [4.78, 5) is 13.5. The van der Waals surface area contributed by atoms with Crippen LogP contribution >= 0.6 is 31.9 Å². The van der Waals surface area contributed by atoms with Crippen LogP contribution in [-0.4, -0.2) is 24.8 Å². The minimum absolute atomic E-state index is 0.00861. The van der Waals surface area contributed by atoms with E-state index in [0.29, 0.717) is 5.56 Å². The van der Waals surface area contributed by atoms with Crippen LogP contribution in [0.1, 0.15) is 10.4 Å². The Kier molecular flexibility index (Phi) is 4.54. The van der Waals surface area contributed by atoms with Crippen LogP contribution in [0.4, 0.5) is 0 Å². The Morgan fingerprint density at radius 3 is 2.20 bits per heavy atom. The molecule has 0 aliphatic rings. The summed E-state index contributed by atoms with van der Waals surface area (Å²) in [6.45, 7) is 0. The molecular weight excluding hydrogens is 322 g/mol. The minimum Gasteiger partial charge on any atom is -0.383 e. The number of hydrogen-bond acceptors (Lipinski definition) is 2. The molecule has 0 aliphatic carbocycles. The second-order valence-corrected chi connectivity index (χ2v) is 5.13. The maximum atomic E-state index is 11.7. The lowest BCUT2D eigenvalue weighted by atomic mass is 10.1. The van der Waals surface area contributed by atoms with E-state index in [2.05, 4.69) is 31.9 Å². The van der Waals surface area contributed by atoms with Gasteiger partial charge in [-0.25, -0.2) is 0 Å². The third-order valence-corrected chi connectivity index (χ3v) is 2.59. The highest BCUT2D eigenvalue weighted by Gasteiger charge is 2.04. The third kappa shape index (κ3) is 4.18. The molecule has 1 aromatic carbocycles. The Balaban J connectivity index is 2.91. The van der Waals surface area contributed by atoms with Gasteiger partial charge in [-0.2, -0.15) is 0 Å². The molecule has 80 valence electrons. The van der Waals surface area contributed by atoms with Gasteiger partial charge in [0.2, 0.25) is 0 Å². The first kappa shape index (κ1) is 12.5. The lowest BCUT2D eigenvalue weighted by Gasteiger charge is -2.03. The summed E-state index contributed by atoms with van der Waals surface area (Å²) >= 11 is 6.69. The van der Waals surface area contributed by atoms with Crippen molar-refractivity contribution in [1.82, 2.24) is 4.90 Å². The Hall–Kier alpha value is -0.610. The van der Waals surface area contributed by atoms with Gasteiger partial charge in [0.25, 0.3) is 0 Å². The molecule has 0 heterocycles. The van der Waals surface area contributed by atoms with Gasteiger partial charge in [-0.05, 0) is 18.2 Å².